The number of amides is 1. The van der Waals surface area contributed by atoms with Crippen LogP contribution in [0.2, 0.25) is 0 Å². The Hall–Kier alpha value is -0.780. The number of carbonyl (C=O) groups excluding carboxylic acids is 1. The van der Waals surface area contributed by atoms with Crippen LogP contribution in [0.3, 0.4) is 0 Å². The molecule has 21 heavy (non-hydrogen) atoms. The molecule has 2 heterocycles. The van der Waals surface area contributed by atoms with Crippen LogP contribution in [-0.4, -0.2) is 34.6 Å². The van der Waals surface area contributed by atoms with E-state index in [1.807, 2.05) is 19.3 Å². The normalized spacial score (nSPS) is 19.0. The van der Waals surface area contributed by atoms with Gasteiger partial charge in [-0.15, -0.1) is 24.8 Å². The monoisotopic (exact) mass is 336 g/mol. The molecule has 2 rings (SSSR count). The van der Waals surface area contributed by atoms with Crippen LogP contribution in [0.15, 0.2) is 12.4 Å². The maximum absolute atomic E-state index is 12.0. The molecule has 1 unspecified atom stereocenters. The first-order valence-electron chi connectivity index (χ1n) is 7.15. The lowest BCUT2D eigenvalue weighted by Gasteiger charge is -2.23. The lowest BCUT2D eigenvalue weighted by Crippen LogP contribution is -2.47. The maximum atomic E-state index is 12.0. The maximum Gasteiger partial charge on any atom is 0.237 e. The van der Waals surface area contributed by atoms with Crippen LogP contribution in [0.5, 0.6) is 0 Å². The Morgan fingerprint density at radius 1 is 1.52 bits per heavy atom. The van der Waals surface area contributed by atoms with Crippen LogP contribution in [-0.2, 0) is 11.3 Å². The van der Waals surface area contributed by atoms with Crippen molar-refractivity contribution in [3.63, 3.8) is 0 Å². The lowest BCUT2D eigenvalue weighted by atomic mass is 10.0. The molecule has 0 aliphatic carbocycles. The highest BCUT2D eigenvalue weighted by Gasteiger charge is 2.20. The first-order chi connectivity index (χ1) is 9.16. The number of aromatic nitrogens is 2. The average molecular weight is 337 g/mol. The number of halogens is 2. The molecule has 1 aliphatic heterocycles. The van der Waals surface area contributed by atoms with Gasteiger partial charge in [-0.3, -0.25) is 4.79 Å². The standard InChI is InChI=1S/C14H24N4O.2ClH/c1-11(10-18-8-7-15-12(18)2)9-17-14(19)13-5-3-4-6-16-13;;/h7-8,11,13,16H,3-6,9-10H2,1-2H3,(H,17,19);2*1H/t11?,13-;;/m1../s1. The number of aryl methyl sites for hydroxylation is 1. The van der Waals surface area contributed by atoms with Gasteiger partial charge in [-0.25, -0.2) is 4.98 Å². The van der Waals surface area contributed by atoms with Crippen LogP contribution in [0.4, 0.5) is 0 Å². The van der Waals surface area contributed by atoms with Gasteiger partial charge < -0.3 is 15.2 Å². The number of hydrogen-bond acceptors (Lipinski definition) is 3. The van der Waals surface area contributed by atoms with Crippen LogP contribution < -0.4 is 10.6 Å². The Kier molecular flexibility index (Phi) is 9.66. The summed E-state index contributed by atoms with van der Waals surface area (Å²) >= 11 is 0. The molecule has 7 heteroatoms. The van der Waals surface area contributed by atoms with Crippen molar-refractivity contribution in [1.82, 2.24) is 20.2 Å². The molecule has 5 nitrogen and oxygen atoms in total. The van der Waals surface area contributed by atoms with Gasteiger partial charge in [0, 0.05) is 25.5 Å². The molecular formula is C14H26Cl2N4O. The highest BCUT2D eigenvalue weighted by atomic mass is 35.5. The molecule has 2 N–H and O–H groups in total. The summed E-state index contributed by atoms with van der Waals surface area (Å²) in [5.74, 6) is 1.57. The number of piperidine rings is 1. The van der Waals surface area contributed by atoms with Crippen molar-refractivity contribution in [1.29, 1.82) is 0 Å². The molecule has 122 valence electrons. The Labute approximate surface area is 139 Å². The fourth-order valence-corrected chi connectivity index (χ4v) is 2.47. The third-order valence-electron chi connectivity index (χ3n) is 3.68. The molecule has 1 fully saturated rings. The summed E-state index contributed by atoms with van der Waals surface area (Å²) in [7, 11) is 0. The Morgan fingerprint density at radius 3 is 2.86 bits per heavy atom. The Bertz CT molecular complexity index is 419. The predicted octanol–water partition coefficient (Wildman–Crippen LogP) is 1.93. The number of rotatable bonds is 5. The summed E-state index contributed by atoms with van der Waals surface area (Å²) in [6.07, 6.45) is 7.08. The zero-order valence-electron chi connectivity index (χ0n) is 12.7. The highest BCUT2D eigenvalue weighted by molar-refractivity contribution is 5.85. The van der Waals surface area contributed by atoms with Crippen molar-refractivity contribution in [2.75, 3.05) is 13.1 Å². The molecule has 1 aromatic heterocycles. The zero-order chi connectivity index (χ0) is 13.7. The van der Waals surface area contributed by atoms with Gasteiger partial charge in [0.2, 0.25) is 5.91 Å². The van der Waals surface area contributed by atoms with Gasteiger partial charge in [0.25, 0.3) is 0 Å². The molecule has 0 aromatic carbocycles. The summed E-state index contributed by atoms with van der Waals surface area (Å²) in [6, 6.07) is 0.0101. The third kappa shape index (κ3) is 6.24. The minimum Gasteiger partial charge on any atom is -0.354 e. The van der Waals surface area contributed by atoms with Gasteiger partial charge in [0.15, 0.2) is 0 Å². The fraction of sp³-hybridized carbons (Fsp3) is 0.714. The van der Waals surface area contributed by atoms with Crippen molar-refractivity contribution in [2.45, 2.75) is 45.7 Å². The second-order valence-corrected chi connectivity index (χ2v) is 5.48. The van der Waals surface area contributed by atoms with Crippen molar-refractivity contribution in [3.8, 4) is 0 Å². The van der Waals surface area contributed by atoms with Crippen molar-refractivity contribution >= 4 is 30.7 Å². The molecule has 0 spiro atoms. The Balaban J connectivity index is 0.00000200. The van der Waals surface area contributed by atoms with E-state index in [0.717, 1.165) is 31.8 Å². The van der Waals surface area contributed by atoms with Crippen LogP contribution in [0.1, 0.15) is 32.0 Å². The van der Waals surface area contributed by atoms with Gasteiger partial charge in [-0.2, -0.15) is 0 Å². The third-order valence-corrected chi connectivity index (χ3v) is 3.68. The van der Waals surface area contributed by atoms with Crippen LogP contribution >= 0.6 is 24.8 Å². The summed E-state index contributed by atoms with van der Waals surface area (Å²) in [6.45, 7) is 6.71. The topological polar surface area (TPSA) is 59.0 Å². The molecule has 0 radical (unpaired) electrons. The fourth-order valence-electron chi connectivity index (χ4n) is 2.47. The number of nitrogens with one attached hydrogen (secondary N) is 2. The zero-order valence-corrected chi connectivity index (χ0v) is 14.3. The second kappa shape index (κ2) is 10.0. The first-order valence-corrected chi connectivity index (χ1v) is 7.15. The average Bonchev–Trinajstić information content (AvgIpc) is 2.82. The van der Waals surface area contributed by atoms with Gasteiger partial charge in [-0.1, -0.05) is 13.3 Å². The van der Waals surface area contributed by atoms with Gasteiger partial charge in [0.05, 0.1) is 6.04 Å². The van der Waals surface area contributed by atoms with Crippen LogP contribution in [0.25, 0.3) is 0 Å². The second-order valence-electron chi connectivity index (χ2n) is 5.48. The number of imidazole rings is 1. The van der Waals surface area contributed by atoms with E-state index in [4.69, 9.17) is 0 Å². The Morgan fingerprint density at radius 2 is 2.29 bits per heavy atom. The minimum atomic E-state index is 0. The summed E-state index contributed by atoms with van der Waals surface area (Å²) in [5.41, 5.74) is 0. The molecule has 1 aromatic rings. The first kappa shape index (κ1) is 20.2. The van der Waals surface area contributed by atoms with E-state index >= 15 is 0 Å². The van der Waals surface area contributed by atoms with E-state index in [2.05, 4.69) is 27.1 Å². The van der Waals surface area contributed by atoms with E-state index in [1.54, 1.807) is 0 Å². The largest absolute Gasteiger partial charge is 0.354 e. The molecule has 2 atom stereocenters. The van der Waals surface area contributed by atoms with Gasteiger partial charge in [-0.05, 0) is 32.2 Å². The molecule has 1 saturated heterocycles. The minimum absolute atomic E-state index is 0. The van der Waals surface area contributed by atoms with E-state index in [-0.39, 0.29) is 36.8 Å². The van der Waals surface area contributed by atoms with Crippen molar-refractivity contribution in [3.05, 3.63) is 18.2 Å². The number of nitrogens with zero attached hydrogens (tertiary/aromatic N) is 2. The summed E-state index contributed by atoms with van der Waals surface area (Å²) in [4.78, 5) is 16.2. The number of carbonyl (C=O) groups is 1. The SMILES string of the molecule is Cc1nccn1CC(C)CNC(=O)[C@H]1CCCCN1.Cl.Cl. The van der Waals surface area contributed by atoms with Gasteiger partial charge >= 0.3 is 0 Å². The summed E-state index contributed by atoms with van der Waals surface area (Å²) in [5, 5.41) is 6.32. The number of hydrogen-bond donors (Lipinski definition) is 2. The van der Waals surface area contributed by atoms with E-state index < -0.39 is 0 Å². The lowest BCUT2D eigenvalue weighted by molar-refractivity contribution is -0.123. The highest BCUT2D eigenvalue weighted by Crippen LogP contribution is 2.07. The van der Waals surface area contributed by atoms with Gasteiger partial charge in [0.1, 0.15) is 5.82 Å². The molecule has 1 amide bonds. The molecule has 0 bridgehead atoms. The van der Waals surface area contributed by atoms with Crippen LogP contribution in [0, 0.1) is 12.8 Å². The molecular weight excluding hydrogens is 311 g/mol. The van der Waals surface area contributed by atoms with Crippen molar-refractivity contribution < 1.29 is 4.79 Å². The molecule has 1 aliphatic rings. The smallest absolute Gasteiger partial charge is 0.237 e. The molecule has 0 saturated carbocycles. The quantitative estimate of drug-likeness (QED) is 0.863. The van der Waals surface area contributed by atoms with E-state index in [0.29, 0.717) is 12.5 Å². The summed E-state index contributed by atoms with van der Waals surface area (Å²) < 4.78 is 2.12. The van der Waals surface area contributed by atoms with E-state index in [1.165, 1.54) is 6.42 Å². The van der Waals surface area contributed by atoms with Crippen molar-refractivity contribution in [2.24, 2.45) is 5.92 Å². The van der Waals surface area contributed by atoms with E-state index in [9.17, 15) is 4.79 Å². The predicted molar refractivity (Wildman–Crippen MR) is 89.3 cm³/mol.